The molecule has 0 bridgehead atoms. The predicted octanol–water partition coefficient (Wildman–Crippen LogP) is 3.82. The second-order valence-corrected chi connectivity index (χ2v) is 6.14. The molecule has 2 aromatic rings. The van der Waals surface area contributed by atoms with E-state index in [-0.39, 0.29) is 11.6 Å². The van der Waals surface area contributed by atoms with E-state index in [1.54, 1.807) is 26.0 Å². The summed E-state index contributed by atoms with van der Waals surface area (Å²) in [4.78, 5) is 39.5. The van der Waals surface area contributed by atoms with Crippen molar-refractivity contribution in [1.82, 2.24) is 4.98 Å². The largest absolute Gasteiger partial charge is 0.451 e. The molecule has 0 unspecified atom stereocenters. The minimum Gasteiger partial charge on any atom is -0.451 e. The van der Waals surface area contributed by atoms with Crippen molar-refractivity contribution in [3.63, 3.8) is 0 Å². The molecule has 5 nitrogen and oxygen atoms in total. The van der Waals surface area contributed by atoms with Crippen LogP contribution in [0.3, 0.4) is 0 Å². The summed E-state index contributed by atoms with van der Waals surface area (Å²) in [6.07, 6.45) is -0.0661. The van der Waals surface area contributed by atoms with Gasteiger partial charge in [0.05, 0.1) is 11.3 Å². The van der Waals surface area contributed by atoms with E-state index >= 15 is 0 Å². The van der Waals surface area contributed by atoms with E-state index in [9.17, 15) is 14.4 Å². The van der Waals surface area contributed by atoms with Gasteiger partial charge in [-0.05, 0) is 57.4 Å². The van der Waals surface area contributed by atoms with Crippen molar-refractivity contribution in [3.8, 4) is 0 Å². The number of aromatic amines is 1. The van der Waals surface area contributed by atoms with Gasteiger partial charge in [0.15, 0.2) is 11.9 Å². The second-order valence-electron chi connectivity index (χ2n) is 6.14. The molecule has 0 saturated carbocycles. The molecule has 1 N–H and O–H groups in total. The Morgan fingerprint density at radius 2 is 1.72 bits per heavy atom. The standard InChI is InChI=1S/C20H23NO4/c1-6-15-7-9-16(10-8-15)20(24)25-14(5)19(23)18-11(2)17(13(4)22)12(3)21-18/h7-10,14,21H,6H2,1-5H3/t14-/m0/s1. The number of benzene rings is 1. The lowest BCUT2D eigenvalue weighted by Gasteiger charge is -2.12. The molecule has 0 fully saturated rings. The van der Waals surface area contributed by atoms with Crippen molar-refractivity contribution in [3.05, 3.63) is 57.9 Å². The highest BCUT2D eigenvalue weighted by atomic mass is 16.5. The van der Waals surface area contributed by atoms with Gasteiger partial charge in [-0.25, -0.2) is 4.79 Å². The number of ether oxygens (including phenoxy) is 1. The molecule has 1 atom stereocenters. The van der Waals surface area contributed by atoms with Crippen LogP contribution in [-0.4, -0.2) is 28.6 Å². The average Bonchev–Trinajstić information content (AvgIpc) is 2.88. The van der Waals surface area contributed by atoms with Crippen LogP contribution in [-0.2, 0) is 11.2 Å². The van der Waals surface area contributed by atoms with Crippen LogP contribution in [0.15, 0.2) is 24.3 Å². The van der Waals surface area contributed by atoms with Gasteiger partial charge >= 0.3 is 5.97 Å². The highest BCUT2D eigenvalue weighted by molar-refractivity contribution is 6.05. The summed E-state index contributed by atoms with van der Waals surface area (Å²) in [7, 11) is 0. The minimum absolute atomic E-state index is 0.106. The lowest BCUT2D eigenvalue weighted by Crippen LogP contribution is -2.25. The molecule has 0 amide bonds. The Hall–Kier alpha value is -2.69. The first kappa shape index (κ1) is 18.6. The zero-order chi connectivity index (χ0) is 18.7. The fourth-order valence-corrected chi connectivity index (χ4v) is 2.89. The topological polar surface area (TPSA) is 76.2 Å². The Morgan fingerprint density at radius 1 is 1.12 bits per heavy atom. The van der Waals surface area contributed by atoms with Crippen LogP contribution in [0.2, 0.25) is 0 Å². The molecule has 25 heavy (non-hydrogen) atoms. The number of esters is 1. The first-order valence-corrected chi connectivity index (χ1v) is 8.30. The SMILES string of the molecule is CCc1ccc(C(=O)O[C@@H](C)C(=O)c2[nH]c(C)c(C(C)=O)c2C)cc1. The fraction of sp³-hybridized carbons (Fsp3) is 0.350. The molecule has 1 aromatic carbocycles. The molecule has 2 rings (SSSR count). The number of carbonyl (C=O) groups is 3. The van der Waals surface area contributed by atoms with Crippen molar-refractivity contribution in [2.24, 2.45) is 0 Å². The van der Waals surface area contributed by atoms with Gasteiger partial charge in [-0.1, -0.05) is 19.1 Å². The van der Waals surface area contributed by atoms with Crippen molar-refractivity contribution >= 4 is 17.5 Å². The number of rotatable bonds is 6. The molecule has 1 aromatic heterocycles. The molecular formula is C20H23NO4. The normalized spacial score (nSPS) is 11.9. The smallest absolute Gasteiger partial charge is 0.338 e. The van der Waals surface area contributed by atoms with Crippen LogP contribution < -0.4 is 0 Å². The summed E-state index contributed by atoms with van der Waals surface area (Å²) >= 11 is 0. The van der Waals surface area contributed by atoms with Crippen molar-refractivity contribution in [1.29, 1.82) is 0 Å². The van der Waals surface area contributed by atoms with E-state index in [4.69, 9.17) is 4.74 Å². The maximum Gasteiger partial charge on any atom is 0.338 e. The number of aromatic nitrogens is 1. The van der Waals surface area contributed by atoms with E-state index in [1.807, 2.05) is 19.1 Å². The van der Waals surface area contributed by atoms with Gasteiger partial charge in [0.1, 0.15) is 0 Å². The van der Waals surface area contributed by atoms with E-state index in [0.29, 0.717) is 28.1 Å². The quantitative estimate of drug-likeness (QED) is 0.640. The Balaban J connectivity index is 2.16. The van der Waals surface area contributed by atoms with Crippen molar-refractivity contribution in [2.75, 3.05) is 0 Å². The van der Waals surface area contributed by atoms with E-state index in [1.165, 1.54) is 13.8 Å². The molecule has 0 saturated heterocycles. The molecule has 0 radical (unpaired) electrons. The second kappa shape index (κ2) is 7.47. The van der Waals surface area contributed by atoms with Crippen LogP contribution in [0.25, 0.3) is 0 Å². The summed E-state index contributed by atoms with van der Waals surface area (Å²) < 4.78 is 5.30. The Labute approximate surface area is 147 Å². The predicted molar refractivity (Wildman–Crippen MR) is 95.3 cm³/mol. The number of H-pyrrole nitrogens is 1. The first-order valence-electron chi connectivity index (χ1n) is 8.30. The Bertz CT molecular complexity index is 815. The Morgan fingerprint density at radius 3 is 2.20 bits per heavy atom. The van der Waals surface area contributed by atoms with Crippen LogP contribution in [0.5, 0.6) is 0 Å². The first-order chi connectivity index (χ1) is 11.8. The number of ketones is 2. The van der Waals surface area contributed by atoms with Crippen LogP contribution >= 0.6 is 0 Å². The van der Waals surface area contributed by atoms with Gasteiger partial charge in [-0.2, -0.15) is 0 Å². The van der Waals surface area contributed by atoms with E-state index < -0.39 is 12.1 Å². The van der Waals surface area contributed by atoms with Crippen LogP contribution in [0.4, 0.5) is 0 Å². The fourth-order valence-electron chi connectivity index (χ4n) is 2.89. The number of aryl methyl sites for hydroxylation is 2. The molecule has 132 valence electrons. The number of nitrogens with one attached hydrogen (secondary N) is 1. The van der Waals surface area contributed by atoms with Gasteiger partial charge < -0.3 is 9.72 Å². The lowest BCUT2D eigenvalue weighted by molar-refractivity contribution is 0.0317. The van der Waals surface area contributed by atoms with Gasteiger partial charge in [-0.3, -0.25) is 9.59 Å². The van der Waals surface area contributed by atoms with Crippen LogP contribution in [0.1, 0.15) is 68.8 Å². The third-order valence-electron chi connectivity index (χ3n) is 4.29. The molecule has 0 aliphatic carbocycles. The maximum atomic E-state index is 12.6. The summed E-state index contributed by atoms with van der Waals surface area (Å²) in [6.45, 7) is 8.48. The number of hydrogen-bond donors (Lipinski definition) is 1. The van der Waals surface area contributed by atoms with Gasteiger partial charge in [-0.15, -0.1) is 0 Å². The molecular weight excluding hydrogens is 318 g/mol. The third kappa shape index (κ3) is 3.87. The zero-order valence-electron chi connectivity index (χ0n) is 15.2. The van der Waals surface area contributed by atoms with Gasteiger partial charge in [0, 0.05) is 11.3 Å². The van der Waals surface area contributed by atoms with Gasteiger partial charge in [0.25, 0.3) is 0 Å². The van der Waals surface area contributed by atoms with E-state index in [0.717, 1.165) is 12.0 Å². The molecule has 0 aliphatic heterocycles. The highest BCUT2D eigenvalue weighted by Crippen LogP contribution is 2.20. The van der Waals surface area contributed by atoms with Gasteiger partial charge in [0.2, 0.25) is 5.78 Å². The minimum atomic E-state index is -0.949. The zero-order valence-corrected chi connectivity index (χ0v) is 15.2. The summed E-state index contributed by atoms with van der Waals surface area (Å²) in [5.74, 6) is -1.01. The lowest BCUT2D eigenvalue weighted by atomic mass is 10.0. The molecule has 1 heterocycles. The number of Topliss-reactive ketones (excluding diaryl/α,β-unsaturated/α-hetero) is 2. The highest BCUT2D eigenvalue weighted by Gasteiger charge is 2.26. The Kier molecular flexibility index (Phi) is 5.57. The average molecular weight is 341 g/mol. The molecule has 0 spiro atoms. The number of carbonyl (C=O) groups excluding carboxylic acids is 3. The summed E-state index contributed by atoms with van der Waals surface area (Å²) in [5.41, 5.74) is 3.57. The van der Waals surface area contributed by atoms with Crippen molar-refractivity contribution in [2.45, 2.75) is 47.1 Å². The summed E-state index contributed by atoms with van der Waals surface area (Å²) in [5, 5.41) is 0. The van der Waals surface area contributed by atoms with Crippen molar-refractivity contribution < 1.29 is 19.1 Å². The third-order valence-corrected chi connectivity index (χ3v) is 4.29. The van der Waals surface area contributed by atoms with E-state index in [2.05, 4.69) is 4.98 Å². The number of hydrogen-bond acceptors (Lipinski definition) is 4. The molecule has 0 aliphatic rings. The maximum absolute atomic E-state index is 12.6. The monoisotopic (exact) mass is 341 g/mol. The van der Waals surface area contributed by atoms with Crippen LogP contribution in [0, 0.1) is 13.8 Å². The molecule has 5 heteroatoms. The summed E-state index contributed by atoms with van der Waals surface area (Å²) in [6, 6.07) is 7.11.